The first kappa shape index (κ1) is 7.86. The number of nitrogens with one attached hydrogen (secondary N) is 1. The lowest BCUT2D eigenvalue weighted by Crippen LogP contribution is -2.40. The highest BCUT2D eigenvalue weighted by Crippen LogP contribution is 2.07. The summed E-state index contributed by atoms with van der Waals surface area (Å²) in [5, 5.41) is 0.988. The minimum atomic E-state index is 0.234. The van der Waals surface area contributed by atoms with Crippen molar-refractivity contribution < 1.29 is 9.57 Å². The average molecular weight is 147 g/mol. The zero-order valence-corrected chi connectivity index (χ0v) is 5.78. The van der Waals surface area contributed by atoms with Crippen LogP contribution in [0, 0.1) is 0 Å². The lowest BCUT2D eigenvalue weighted by Gasteiger charge is -2.27. The zero-order chi connectivity index (χ0) is 7.40. The molecule has 0 aliphatic carbocycles. The third kappa shape index (κ3) is 3.06. The van der Waals surface area contributed by atoms with E-state index in [9.17, 15) is 0 Å². The molecule has 1 atom stereocenters. The number of ether oxygens (including phenoxy) is 1. The topological polar surface area (TPSA) is 77.2 Å². The van der Waals surface area contributed by atoms with Gasteiger partial charge in [0.25, 0.3) is 0 Å². The Balaban J connectivity index is 1.83. The minimum absolute atomic E-state index is 0.234. The lowest BCUT2D eigenvalue weighted by atomic mass is 10.5. The summed E-state index contributed by atoms with van der Waals surface area (Å²) in [6.07, 6.45) is 0.234. The summed E-state index contributed by atoms with van der Waals surface area (Å²) in [5.74, 6) is 5.17. The summed E-state index contributed by atoms with van der Waals surface area (Å²) >= 11 is 0. The van der Waals surface area contributed by atoms with E-state index in [1.54, 1.807) is 7.05 Å². The van der Waals surface area contributed by atoms with Crippen LogP contribution in [0.3, 0.4) is 0 Å². The van der Waals surface area contributed by atoms with Gasteiger partial charge in [-0.15, -0.1) is 12.6 Å². The number of hydrogen-bond donors (Lipinski definition) is 2. The second kappa shape index (κ2) is 3.81. The van der Waals surface area contributed by atoms with Crippen molar-refractivity contribution in [1.29, 1.82) is 0 Å². The Morgan fingerprint density at radius 2 is 2.70 bits per heavy atom. The van der Waals surface area contributed by atoms with Gasteiger partial charge in [-0.05, 0) is 0 Å². The van der Waals surface area contributed by atoms with Crippen molar-refractivity contribution in [2.45, 2.75) is 6.10 Å². The molecule has 3 N–H and O–H groups in total. The Morgan fingerprint density at radius 1 is 2.00 bits per heavy atom. The largest absolute Gasteiger partial charge is 0.565 e. The van der Waals surface area contributed by atoms with Crippen molar-refractivity contribution in [1.82, 2.24) is 10.8 Å². The van der Waals surface area contributed by atoms with Gasteiger partial charge in [0, 0.05) is 0 Å². The number of hydrazine groups is 2. The smallest absolute Gasteiger partial charge is 0.106 e. The molecule has 1 unspecified atom stereocenters. The van der Waals surface area contributed by atoms with Gasteiger partial charge in [0.1, 0.15) is 6.10 Å². The van der Waals surface area contributed by atoms with Crippen molar-refractivity contribution >= 4 is 0 Å². The molecule has 0 bridgehead atoms. The van der Waals surface area contributed by atoms with Gasteiger partial charge in [-0.3, -0.25) is 15.9 Å². The third-order valence-electron chi connectivity index (χ3n) is 1.05. The first-order valence-corrected chi connectivity index (χ1v) is 2.96. The standard InChI is InChI=1S/C4H11N4O2/c1-6-8(5)7-10-3-4-2-9-4/h4,7H,2-3,5H2,1H3/q-1. The second-order valence-electron chi connectivity index (χ2n) is 1.90. The van der Waals surface area contributed by atoms with Gasteiger partial charge in [0.05, 0.1) is 13.2 Å². The molecule has 0 amide bonds. The predicted molar refractivity (Wildman–Crippen MR) is 34.1 cm³/mol. The van der Waals surface area contributed by atoms with Crippen molar-refractivity contribution in [3.05, 3.63) is 5.43 Å². The fraction of sp³-hybridized carbons (Fsp3) is 1.00. The average Bonchev–Trinajstić information content (AvgIpc) is 2.71. The number of epoxide rings is 1. The Labute approximate surface area is 59.1 Å². The zero-order valence-electron chi connectivity index (χ0n) is 5.78. The molecule has 0 radical (unpaired) electrons. The Bertz CT molecular complexity index is 97.3. The van der Waals surface area contributed by atoms with E-state index >= 15 is 0 Å². The Morgan fingerprint density at radius 3 is 3.20 bits per heavy atom. The summed E-state index contributed by atoms with van der Waals surface area (Å²) in [6, 6.07) is 0. The van der Waals surface area contributed by atoms with Gasteiger partial charge in [-0.2, -0.15) is 0 Å². The molecule has 1 heterocycles. The van der Waals surface area contributed by atoms with Crippen LogP contribution >= 0.6 is 0 Å². The monoisotopic (exact) mass is 147 g/mol. The number of nitrogens with zero attached hydrogens (tertiary/aromatic N) is 2. The van der Waals surface area contributed by atoms with E-state index in [0.717, 1.165) is 11.8 Å². The van der Waals surface area contributed by atoms with Gasteiger partial charge < -0.3 is 10.2 Å². The normalized spacial score (nSPS) is 23.7. The SMILES string of the molecule is C[N-]N(N)NOCC1CO1. The van der Waals surface area contributed by atoms with Crippen molar-refractivity contribution in [3.63, 3.8) is 0 Å². The fourth-order valence-electron chi connectivity index (χ4n) is 0.401. The summed E-state index contributed by atoms with van der Waals surface area (Å²) < 4.78 is 4.87. The van der Waals surface area contributed by atoms with Crippen LogP contribution in [0.2, 0.25) is 0 Å². The predicted octanol–water partition coefficient (Wildman–Crippen LogP) is -1.08. The van der Waals surface area contributed by atoms with Crippen molar-refractivity contribution in [2.24, 2.45) is 5.84 Å². The van der Waals surface area contributed by atoms with Crippen LogP contribution in [0.25, 0.3) is 5.43 Å². The number of nitrogens with two attached hydrogens (primary N) is 1. The molecule has 1 saturated heterocycles. The van der Waals surface area contributed by atoms with Crippen LogP contribution < -0.4 is 11.4 Å². The highest BCUT2D eigenvalue weighted by atomic mass is 16.7. The van der Waals surface area contributed by atoms with Gasteiger partial charge >= 0.3 is 0 Å². The van der Waals surface area contributed by atoms with Gasteiger partial charge in [-0.1, -0.05) is 0 Å². The van der Waals surface area contributed by atoms with Crippen LogP contribution in [-0.2, 0) is 9.57 Å². The van der Waals surface area contributed by atoms with Crippen LogP contribution in [-0.4, -0.2) is 31.6 Å². The molecule has 1 aliphatic rings. The molecule has 6 nitrogen and oxygen atoms in total. The van der Waals surface area contributed by atoms with E-state index in [4.69, 9.17) is 15.4 Å². The van der Waals surface area contributed by atoms with Crippen molar-refractivity contribution in [3.8, 4) is 0 Å². The van der Waals surface area contributed by atoms with E-state index in [1.807, 2.05) is 0 Å². The lowest BCUT2D eigenvalue weighted by molar-refractivity contribution is -0.0715. The summed E-state index contributed by atoms with van der Waals surface area (Å²) in [7, 11) is 1.55. The van der Waals surface area contributed by atoms with Crippen LogP contribution in [0.1, 0.15) is 0 Å². The number of hydrogen-bond acceptors (Lipinski definition) is 5. The van der Waals surface area contributed by atoms with E-state index in [0.29, 0.717) is 6.61 Å². The first-order chi connectivity index (χ1) is 4.83. The summed E-state index contributed by atoms with van der Waals surface area (Å²) in [5.41, 5.74) is 5.91. The molecular weight excluding hydrogens is 136 g/mol. The van der Waals surface area contributed by atoms with E-state index in [1.165, 1.54) is 0 Å². The van der Waals surface area contributed by atoms with Gasteiger partial charge in [-0.25, -0.2) is 0 Å². The maximum atomic E-state index is 5.17. The molecule has 1 fully saturated rings. The van der Waals surface area contributed by atoms with Crippen LogP contribution in [0.4, 0.5) is 0 Å². The molecule has 0 spiro atoms. The molecule has 0 aromatic rings. The second-order valence-corrected chi connectivity index (χ2v) is 1.90. The maximum Gasteiger partial charge on any atom is 0.106 e. The maximum absolute atomic E-state index is 5.17. The molecule has 0 aromatic heterocycles. The highest BCUT2D eigenvalue weighted by molar-refractivity contribution is 4.66. The molecule has 10 heavy (non-hydrogen) atoms. The van der Waals surface area contributed by atoms with Gasteiger partial charge in [0.15, 0.2) is 0 Å². The van der Waals surface area contributed by atoms with Crippen LogP contribution in [0.15, 0.2) is 0 Å². The minimum Gasteiger partial charge on any atom is -0.565 e. The quantitative estimate of drug-likeness (QED) is 0.294. The van der Waals surface area contributed by atoms with Crippen LogP contribution in [0.5, 0.6) is 0 Å². The highest BCUT2D eigenvalue weighted by Gasteiger charge is 2.22. The Hall–Kier alpha value is -0.240. The van der Waals surface area contributed by atoms with E-state index < -0.39 is 0 Å². The summed E-state index contributed by atoms with van der Waals surface area (Å²) in [4.78, 5) is 4.84. The molecular formula is C4H11N4O2-. The first-order valence-electron chi connectivity index (χ1n) is 2.96. The molecule has 6 heteroatoms. The van der Waals surface area contributed by atoms with Gasteiger partial charge in [0.2, 0.25) is 0 Å². The molecule has 0 saturated carbocycles. The Kier molecular flexibility index (Phi) is 3.00. The van der Waals surface area contributed by atoms with Crippen molar-refractivity contribution in [2.75, 3.05) is 20.3 Å². The summed E-state index contributed by atoms with van der Waals surface area (Å²) in [6.45, 7) is 1.28. The van der Waals surface area contributed by atoms with E-state index in [2.05, 4.69) is 11.0 Å². The third-order valence-corrected chi connectivity index (χ3v) is 1.05. The molecule has 0 aromatic carbocycles. The molecule has 1 rings (SSSR count). The molecule has 60 valence electrons. The van der Waals surface area contributed by atoms with E-state index in [-0.39, 0.29) is 6.10 Å². The molecule has 1 aliphatic heterocycles. The number of rotatable bonds is 5. The fourth-order valence-corrected chi connectivity index (χ4v) is 0.401.